The summed E-state index contributed by atoms with van der Waals surface area (Å²) in [7, 11) is 1.70. The van der Waals surface area contributed by atoms with E-state index in [4.69, 9.17) is 5.73 Å². The van der Waals surface area contributed by atoms with Crippen LogP contribution in [0.3, 0.4) is 0 Å². The van der Waals surface area contributed by atoms with Gasteiger partial charge in [0.1, 0.15) is 5.78 Å². The van der Waals surface area contributed by atoms with Gasteiger partial charge in [-0.1, -0.05) is 32.1 Å². The van der Waals surface area contributed by atoms with Crippen molar-refractivity contribution < 1.29 is 9.59 Å². The van der Waals surface area contributed by atoms with Crippen molar-refractivity contribution in [1.29, 1.82) is 0 Å². The summed E-state index contributed by atoms with van der Waals surface area (Å²) in [5, 5.41) is 0. The van der Waals surface area contributed by atoms with Crippen LogP contribution in [0.4, 0.5) is 0 Å². The molecule has 1 amide bonds. The minimum absolute atomic E-state index is 0.0524. The van der Waals surface area contributed by atoms with Crippen LogP contribution in [0.1, 0.15) is 70.6 Å². The summed E-state index contributed by atoms with van der Waals surface area (Å²) >= 11 is 0. The van der Waals surface area contributed by atoms with Crippen molar-refractivity contribution in [2.45, 2.75) is 70.6 Å². The van der Waals surface area contributed by atoms with E-state index in [1.54, 1.807) is 7.05 Å². The molecule has 2 N–H and O–H groups in total. The summed E-state index contributed by atoms with van der Waals surface area (Å²) in [6.45, 7) is 0.553. The average molecular weight is 321 g/mol. The second-order valence-corrected chi connectivity index (χ2v) is 7.20. The van der Waals surface area contributed by atoms with Crippen LogP contribution >= 0.6 is 0 Å². The van der Waals surface area contributed by atoms with Crippen molar-refractivity contribution in [2.24, 2.45) is 22.6 Å². The van der Waals surface area contributed by atoms with Crippen LogP contribution in [0, 0.1) is 11.8 Å². The highest BCUT2D eigenvalue weighted by atomic mass is 16.2. The third-order valence-electron chi connectivity index (χ3n) is 5.30. The Labute approximate surface area is 139 Å². The summed E-state index contributed by atoms with van der Waals surface area (Å²) in [5.74, 6) is 1.66. The van der Waals surface area contributed by atoms with Gasteiger partial charge in [-0.25, -0.2) is 0 Å². The van der Waals surface area contributed by atoms with Crippen LogP contribution in [0.15, 0.2) is 4.99 Å². The predicted octanol–water partition coefficient (Wildman–Crippen LogP) is 2.88. The number of guanidine groups is 1. The Bertz CT molecular complexity index is 442. The number of rotatable bonds is 5. The number of aliphatic imine (C=N–C) groups is 1. The molecule has 0 aromatic rings. The highest BCUT2D eigenvalue weighted by Gasteiger charge is 2.20. The van der Waals surface area contributed by atoms with Gasteiger partial charge in [0.15, 0.2) is 5.96 Å². The van der Waals surface area contributed by atoms with E-state index in [2.05, 4.69) is 4.99 Å². The number of amides is 1. The van der Waals surface area contributed by atoms with Crippen molar-refractivity contribution in [1.82, 2.24) is 4.90 Å². The van der Waals surface area contributed by atoms with Gasteiger partial charge in [0, 0.05) is 32.9 Å². The smallest absolute Gasteiger partial charge is 0.229 e. The van der Waals surface area contributed by atoms with Crippen LogP contribution < -0.4 is 5.73 Å². The molecule has 2 saturated carbocycles. The number of carbonyl (C=O) groups is 2. The number of hydrogen-bond acceptors (Lipinski definition) is 3. The first kappa shape index (κ1) is 18.0. The van der Waals surface area contributed by atoms with Crippen molar-refractivity contribution in [2.75, 3.05) is 13.6 Å². The summed E-state index contributed by atoms with van der Waals surface area (Å²) in [6.07, 6.45) is 11.3. The van der Waals surface area contributed by atoms with E-state index in [1.807, 2.05) is 0 Å². The van der Waals surface area contributed by atoms with Gasteiger partial charge in [-0.3, -0.25) is 19.5 Å². The van der Waals surface area contributed by atoms with Gasteiger partial charge in [-0.15, -0.1) is 0 Å². The molecule has 5 heteroatoms. The molecule has 23 heavy (non-hydrogen) atoms. The molecule has 2 fully saturated rings. The van der Waals surface area contributed by atoms with E-state index in [9.17, 15) is 9.59 Å². The molecule has 130 valence electrons. The molecule has 0 aromatic carbocycles. The number of ketones is 1. The van der Waals surface area contributed by atoms with Crippen LogP contribution in [-0.4, -0.2) is 36.1 Å². The quantitative estimate of drug-likeness (QED) is 0.625. The zero-order valence-corrected chi connectivity index (χ0v) is 14.4. The van der Waals surface area contributed by atoms with Crippen LogP contribution in [-0.2, 0) is 9.59 Å². The Kier molecular flexibility index (Phi) is 7.06. The Hall–Kier alpha value is -1.39. The molecule has 0 bridgehead atoms. The van der Waals surface area contributed by atoms with E-state index in [1.165, 1.54) is 37.0 Å². The van der Waals surface area contributed by atoms with Crippen LogP contribution in [0.2, 0.25) is 0 Å². The molecule has 5 nitrogen and oxygen atoms in total. The fourth-order valence-corrected chi connectivity index (χ4v) is 3.70. The summed E-state index contributed by atoms with van der Waals surface area (Å²) in [4.78, 5) is 29.5. The van der Waals surface area contributed by atoms with Crippen molar-refractivity contribution in [3.05, 3.63) is 0 Å². The molecular weight excluding hydrogens is 290 g/mol. The average Bonchev–Trinajstić information content (AvgIpc) is 2.58. The summed E-state index contributed by atoms with van der Waals surface area (Å²) < 4.78 is 0. The second-order valence-electron chi connectivity index (χ2n) is 7.20. The van der Waals surface area contributed by atoms with E-state index >= 15 is 0 Å². The maximum absolute atomic E-state index is 12.2. The maximum Gasteiger partial charge on any atom is 0.229 e. The largest absolute Gasteiger partial charge is 0.369 e. The normalized spacial score (nSPS) is 23.8. The van der Waals surface area contributed by atoms with E-state index in [-0.39, 0.29) is 11.9 Å². The molecule has 0 spiro atoms. The first-order valence-electron chi connectivity index (χ1n) is 9.14. The lowest BCUT2D eigenvalue weighted by atomic mass is 9.86. The first-order valence-corrected chi connectivity index (χ1v) is 9.14. The number of hydrogen-bond donors (Lipinski definition) is 1. The van der Waals surface area contributed by atoms with Gasteiger partial charge in [-0.05, 0) is 31.1 Å². The Morgan fingerprint density at radius 2 is 1.87 bits per heavy atom. The molecule has 0 aromatic heterocycles. The van der Waals surface area contributed by atoms with Gasteiger partial charge >= 0.3 is 0 Å². The SMILES string of the molecule is CN(C(=O)CCC1CCCCC1)C(N)=NC[C@@H]1CCCC(=O)C1. The minimum Gasteiger partial charge on any atom is -0.369 e. The third kappa shape index (κ3) is 5.96. The first-order chi connectivity index (χ1) is 11.1. The molecule has 0 saturated heterocycles. The number of carbonyl (C=O) groups excluding carboxylic acids is 2. The maximum atomic E-state index is 12.2. The standard InChI is InChI=1S/C18H31N3O2/c1-21(17(23)11-10-14-6-3-2-4-7-14)18(19)20-13-15-8-5-9-16(22)12-15/h14-15H,2-13H2,1H3,(H2,19,20)/t15-/m1/s1. The lowest BCUT2D eigenvalue weighted by Gasteiger charge is -2.23. The zero-order chi connectivity index (χ0) is 16.7. The van der Waals surface area contributed by atoms with Crippen LogP contribution in [0.5, 0.6) is 0 Å². The van der Waals surface area contributed by atoms with E-state index in [0.29, 0.717) is 43.4 Å². The van der Waals surface area contributed by atoms with Crippen molar-refractivity contribution in [3.63, 3.8) is 0 Å². The van der Waals surface area contributed by atoms with Gasteiger partial charge in [-0.2, -0.15) is 0 Å². The van der Waals surface area contributed by atoms with Gasteiger partial charge in [0.25, 0.3) is 0 Å². The fourth-order valence-electron chi connectivity index (χ4n) is 3.70. The van der Waals surface area contributed by atoms with Gasteiger partial charge in [0.05, 0.1) is 0 Å². The fraction of sp³-hybridized carbons (Fsp3) is 0.833. The third-order valence-corrected chi connectivity index (χ3v) is 5.30. The Balaban J connectivity index is 1.73. The minimum atomic E-state index is 0.0524. The molecule has 0 unspecified atom stereocenters. The molecule has 2 aliphatic rings. The molecule has 2 rings (SSSR count). The highest BCUT2D eigenvalue weighted by molar-refractivity contribution is 5.95. The summed E-state index contributed by atoms with van der Waals surface area (Å²) in [6, 6.07) is 0. The lowest BCUT2D eigenvalue weighted by molar-refractivity contribution is -0.127. The molecular formula is C18H31N3O2. The predicted molar refractivity (Wildman–Crippen MR) is 92.0 cm³/mol. The number of Topliss-reactive ketones (excluding diaryl/α,β-unsaturated/α-hetero) is 1. The van der Waals surface area contributed by atoms with Gasteiger partial charge < -0.3 is 5.73 Å². The van der Waals surface area contributed by atoms with Crippen LogP contribution in [0.25, 0.3) is 0 Å². The van der Waals surface area contributed by atoms with E-state index < -0.39 is 0 Å². The van der Waals surface area contributed by atoms with Crippen molar-refractivity contribution in [3.8, 4) is 0 Å². The summed E-state index contributed by atoms with van der Waals surface area (Å²) in [5.41, 5.74) is 5.95. The van der Waals surface area contributed by atoms with E-state index in [0.717, 1.165) is 19.3 Å². The Morgan fingerprint density at radius 3 is 2.57 bits per heavy atom. The number of nitrogens with zero attached hydrogens (tertiary/aromatic N) is 2. The second kappa shape index (κ2) is 9.04. The monoisotopic (exact) mass is 321 g/mol. The topological polar surface area (TPSA) is 75.8 Å². The molecule has 0 heterocycles. The number of nitrogens with two attached hydrogens (primary N) is 1. The Morgan fingerprint density at radius 1 is 1.17 bits per heavy atom. The molecule has 2 aliphatic carbocycles. The lowest BCUT2D eigenvalue weighted by Crippen LogP contribution is -2.39. The highest BCUT2D eigenvalue weighted by Crippen LogP contribution is 2.27. The molecule has 1 atom stereocenters. The zero-order valence-electron chi connectivity index (χ0n) is 14.4. The molecule has 0 radical (unpaired) electrons. The van der Waals surface area contributed by atoms with Crippen molar-refractivity contribution >= 4 is 17.6 Å². The van der Waals surface area contributed by atoms with Gasteiger partial charge in [0.2, 0.25) is 5.91 Å². The molecule has 0 aliphatic heterocycles.